The van der Waals surface area contributed by atoms with E-state index in [1.807, 2.05) is 6.07 Å². The molecule has 1 aromatic carbocycles. The normalized spacial score (nSPS) is 17.7. The minimum Gasteiger partial charge on any atom is -0.459 e. The molecule has 2 N–H and O–H groups in total. The number of hydrogen-bond donors (Lipinski definition) is 2. The van der Waals surface area contributed by atoms with E-state index in [2.05, 4.69) is 28.9 Å². The summed E-state index contributed by atoms with van der Waals surface area (Å²) in [5.41, 5.74) is 5.02. The number of carbonyl (C=O) groups excluding carboxylic acids is 1. The number of nitrogens with one attached hydrogen (secondary N) is 2. The van der Waals surface area contributed by atoms with E-state index in [1.54, 1.807) is 12.1 Å². The molecule has 1 unspecified atom stereocenters. The van der Waals surface area contributed by atoms with Crippen LogP contribution in [0.15, 0.2) is 41.0 Å². The van der Waals surface area contributed by atoms with E-state index >= 15 is 0 Å². The van der Waals surface area contributed by atoms with E-state index in [1.165, 1.54) is 29.4 Å². The van der Waals surface area contributed by atoms with Crippen molar-refractivity contribution in [1.29, 1.82) is 0 Å². The molecule has 1 heterocycles. The Balaban J connectivity index is 1.54. The fraction of sp³-hybridized carbons (Fsp3) is 0.222. The number of hydrogen-bond acceptors (Lipinski definition) is 3. The summed E-state index contributed by atoms with van der Waals surface area (Å²) >= 11 is 5.26. The molecule has 2 aromatic rings. The number of allylic oxidation sites excluding steroid dienone is 1. The fourth-order valence-corrected chi connectivity index (χ4v) is 3.66. The number of thiocarbonyl (C=S) groups is 1. The van der Waals surface area contributed by atoms with Gasteiger partial charge in [-0.1, -0.05) is 18.2 Å². The molecule has 23 heavy (non-hydrogen) atoms. The van der Waals surface area contributed by atoms with Gasteiger partial charge in [0.25, 0.3) is 5.91 Å². The van der Waals surface area contributed by atoms with Gasteiger partial charge in [-0.05, 0) is 66.7 Å². The third-order valence-corrected chi connectivity index (χ3v) is 4.68. The molecule has 0 radical (unpaired) electrons. The SMILES string of the molecule is O=C(NC(=S)Nc1ccc2c3c1C=CCC3CC2)c1ccco1. The first-order valence-corrected chi connectivity index (χ1v) is 8.11. The molecule has 0 bridgehead atoms. The van der Waals surface area contributed by atoms with E-state index in [-0.39, 0.29) is 16.8 Å². The van der Waals surface area contributed by atoms with Crippen molar-refractivity contribution in [2.24, 2.45) is 0 Å². The first kappa shape index (κ1) is 14.2. The van der Waals surface area contributed by atoms with Crippen LogP contribution < -0.4 is 10.6 Å². The summed E-state index contributed by atoms with van der Waals surface area (Å²) < 4.78 is 5.06. The minimum atomic E-state index is -0.351. The van der Waals surface area contributed by atoms with E-state index in [4.69, 9.17) is 16.6 Å². The number of amides is 1. The summed E-state index contributed by atoms with van der Waals surface area (Å²) in [4.78, 5) is 12.0. The number of anilines is 1. The molecule has 1 amide bonds. The van der Waals surface area contributed by atoms with E-state index in [9.17, 15) is 4.79 Å². The Morgan fingerprint density at radius 1 is 1.30 bits per heavy atom. The van der Waals surface area contributed by atoms with Gasteiger partial charge in [-0.15, -0.1) is 0 Å². The summed E-state index contributed by atoms with van der Waals surface area (Å²) in [7, 11) is 0. The molecule has 0 saturated heterocycles. The summed E-state index contributed by atoms with van der Waals surface area (Å²) in [6.45, 7) is 0. The maximum absolute atomic E-state index is 12.0. The molecule has 4 rings (SSSR count). The molecule has 0 aliphatic heterocycles. The van der Waals surface area contributed by atoms with Crippen molar-refractivity contribution in [3.05, 3.63) is 59.1 Å². The Morgan fingerprint density at radius 2 is 2.22 bits per heavy atom. The molecule has 116 valence electrons. The Labute approximate surface area is 139 Å². The molecular formula is C18H16N2O2S. The van der Waals surface area contributed by atoms with Crippen LogP contribution in [0.1, 0.15) is 46.0 Å². The second-order valence-electron chi connectivity index (χ2n) is 5.86. The zero-order chi connectivity index (χ0) is 15.8. The highest BCUT2D eigenvalue weighted by Crippen LogP contribution is 2.43. The first-order valence-electron chi connectivity index (χ1n) is 7.70. The second-order valence-corrected chi connectivity index (χ2v) is 6.27. The molecule has 2 aliphatic rings. The van der Waals surface area contributed by atoms with Gasteiger partial charge in [0.1, 0.15) is 0 Å². The van der Waals surface area contributed by atoms with Gasteiger partial charge in [-0.25, -0.2) is 0 Å². The van der Waals surface area contributed by atoms with Gasteiger partial charge < -0.3 is 9.73 Å². The lowest BCUT2D eigenvalue weighted by atomic mass is 9.88. The van der Waals surface area contributed by atoms with Gasteiger partial charge in [0.2, 0.25) is 0 Å². The molecule has 0 spiro atoms. The second kappa shape index (κ2) is 5.66. The largest absolute Gasteiger partial charge is 0.459 e. The molecule has 1 atom stereocenters. The quantitative estimate of drug-likeness (QED) is 0.824. The molecule has 4 nitrogen and oxygen atoms in total. The van der Waals surface area contributed by atoms with Crippen LogP contribution in [-0.4, -0.2) is 11.0 Å². The Morgan fingerprint density at radius 3 is 3.04 bits per heavy atom. The van der Waals surface area contributed by atoms with Crippen molar-refractivity contribution >= 4 is 35.0 Å². The zero-order valence-corrected chi connectivity index (χ0v) is 13.3. The number of rotatable bonds is 2. The molecular weight excluding hydrogens is 308 g/mol. The molecule has 0 fully saturated rings. The number of furan rings is 1. The van der Waals surface area contributed by atoms with E-state index in [0.717, 1.165) is 18.5 Å². The van der Waals surface area contributed by atoms with Gasteiger partial charge in [0.05, 0.1) is 6.26 Å². The number of carbonyl (C=O) groups is 1. The minimum absolute atomic E-state index is 0.240. The van der Waals surface area contributed by atoms with Gasteiger partial charge in [0.15, 0.2) is 10.9 Å². The summed E-state index contributed by atoms with van der Waals surface area (Å²) in [6, 6.07) is 7.47. The third-order valence-electron chi connectivity index (χ3n) is 4.47. The summed E-state index contributed by atoms with van der Waals surface area (Å²) in [5, 5.41) is 6.06. The standard InChI is InChI=1S/C18H16N2O2S/c21-17(15-5-2-10-22-15)20-18(23)19-14-9-8-12-7-6-11-3-1-4-13(14)16(11)12/h1-2,4-5,8-11H,3,6-7H2,(H2,19,20,21,23). The number of benzene rings is 1. The predicted molar refractivity (Wildman–Crippen MR) is 93.5 cm³/mol. The Kier molecular flexibility index (Phi) is 3.50. The van der Waals surface area contributed by atoms with Crippen LogP contribution in [0.4, 0.5) is 5.69 Å². The van der Waals surface area contributed by atoms with Crippen LogP contribution in [0.2, 0.25) is 0 Å². The molecule has 5 heteroatoms. The van der Waals surface area contributed by atoms with Crippen molar-refractivity contribution in [3.8, 4) is 0 Å². The smallest absolute Gasteiger partial charge is 0.293 e. The highest BCUT2D eigenvalue weighted by atomic mass is 32.1. The molecule has 1 aromatic heterocycles. The third kappa shape index (κ3) is 2.57. The topological polar surface area (TPSA) is 54.3 Å². The van der Waals surface area contributed by atoms with Crippen molar-refractivity contribution in [2.45, 2.75) is 25.2 Å². The van der Waals surface area contributed by atoms with Crippen molar-refractivity contribution < 1.29 is 9.21 Å². The Hall–Kier alpha value is -2.40. The lowest BCUT2D eigenvalue weighted by molar-refractivity contribution is 0.0950. The number of aryl methyl sites for hydroxylation is 1. The van der Waals surface area contributed by atoms with E-state index in [0.29, 0.717) is 5.92 Å². The summed E-state index contributed by atoms with van der Waals surface area (Å²) in [5.74, 6) is 0.512. The lowest BCUT2D eigenvalue weighted by Gasteiger charge is -2.21. The van der Waals surface area contributed by atoms with Crippen molar-refractivity contribution in [2.75, 3.05) is 5.32 Å². The maximum atomic E-state index is 12.0. The highest BCUT2D eigenvalue weighted by molar-refractivity contribution is 7.80. The van der Waals surface area contributed by atoms with Gasteiger partial charge >= 0.3 is 0 Å². The average Bonchev–Trinajstić information content (AvgIpc) is 3.21. The maximum Gasteiger partial charge on any atom is 0.293 e. The van der Waals surface area contributed by atoms with Crippen LogP contribution in [-0.2, 0) is 6.42 Å². The van der Waals surface area contributed by atoms with Gasteiger partial charge in [-0.3, -0.25) is 10.1 Å². The molecule has 0 saturated carbocycles. The average molecular weight is 324 g/mol. The van der Waals surface area contributed by atoms with Crippen LogP contribution in [0, 0.1) is 0 Å². The monoisotopic (exact) mass is 324 g/mol. The van der Waals surface area contributed by atoms with E-state index < -0.39 is 0 Å². The van der Waals surface area contributed by atoms with Crippen molar-refractivity contribution in [1.82, 2.24) is 5.32 Å². The molecule has 2 aliphatic carbocycles. The Bertz CT molecular complexity index is 809. The van der Waals surface area contributed by atoms with Gasteiger partial charge in [0, 0.05) is 11.3 Å². The van der Waals surface area contributed by atoms with Crippen LogP contribution in [0.5, 0.6) is 0 Å². The fourth-order valence-electron chi connectivity index (χ4n) is 3.46. The van der Waals surface area contributed by atoms with Crippen LogP contribution in [0.3, 0.4) is 0 Å². The van der Waals surface area contributed by atoms with Crippen LogP contribution in [0.25, 0.3) is 6.08 Å². The van der Waals surface area contributed by atoms with Crippen LogP contribution >= 0.6 is 12.2 Å². The van der Waals surface area contributed by atoms with Crippen molar-refractivity contribution in [3.63, 3.8) is 0 Å². The lowest BCUT2D eigenvalue weighted by Crippen LogP contribution is -2.34. The van der Waals surface area contributed by atoms with Gasteiger partial charge in [-0.2, -0.15) is 0 Å². The summed E-state index contributed by atoms with van der Waals surface area (Å²) in [6.07, 6.45) is 9.31. The first-order chi connectivity index (χ1) is 11.2. The zero-order valence-electron chi connectivity index (χ0n) is 12.5. The predicted octanol–water partition coefficient (Wildman–Crippen LogP) is 3.85. The highest BCUT2D eigenvalue weighted by Gasteiger charge is 2.27.